The van der Waals surface area contributed by atoms with Gasteiger partial charge in [-0.25, -0.2) is 0 Å². The van der Waals surface area contributed by atoms with E-state index in [2.05, 4.69) is 0 Å². The largest absolute Gasteiger partial charge is 0.375 e. The van der Waals surface area contributed by atoms with Gasteiger partial charge in [0.15, 0.2) is 0 Å². The summed E-state index contributed by atoms with van der Waals surface area (Å²) >= 11 is 2.02. The molecule has 21 heavy (non-hydrogen) atoms. The Kier molecular flexibility index (Phi) is 5.28. The number of rotatable bonds is 3. The van der Waals surface area contributed by atoms with Gasteiger partial charge in [0.2, 0.25) is 0 Å². The smallest absolute Gasteiger partial charge is 0.139 e. The normalized spacial score (nSPS) is 36.5. The zero-order chi connectivity index (χ0) is 14.7. The third-order valence-electron chi connectivity index (χ3n) is 5.88. The van der Waals surface area contributed by atoms with Crippen LogP contribution >= 0.6 is 11.8 Å². The molecule has 0 aromatic carbocycles. The van der Waals surface area contributed by atoms with Gasteiger partial charge in [-0.15, -0.1) is 0 Å². The van der Waals surface area contributed by atoms with Crippen molar-refractivity contribution >= 4 is 17.5 Å². The lowest BCUT2D eigenvalue weighted by atomic mass is 9.70. The fourth-order valence-electron chi connectivity index (χ4n) is 4.53. The van der Waals surface area contributed by atoms with Crippen molar-refractivity contribution in [1.29, 1.82) is 0 Å². The molecule has 1 saturated carbocycles. The Labute approximate surface area is 132 Å². The molecule has 0 aromatic heterocycles. The Morgan fingerprint density at radius 3 is 2.71 bits per heavy atom. The molecule has 3 rings (SSSR count). The first-order valence-corrected chi connectivity index (χ1v) is 9.85. The van der Waals surface area contributed by atoms with Gasteiger partial charge in [0.05, 0.1) is 5.60 Å². The predicted octanol–water partition coefficient (Wildman–Crippen LogP) is 3.01. The third-order valence-corrected chi connectivity index (χ3v) is 6.86. The van der Waals surface area contributed by atoms with E-state index in [0.717, 1.165) is 45.1 Å². The van der Waals surface area contributed by atoms with Gasteiger partial charge in [0, 0.05) is 18.4 Å². The van der Waals surface area contributed by atoms with Crippen LogP contribution in [0.15, 0.2) is 0 Å². The van der Waals surface area contributed by atoms with E-state index in [9.17, 15) is 4.79 Å². The maximum atomic E-state index is 13.0. The first-order valence-electron chi connectivity index (χ1n) is 8.70. The molecule has 3 aliphatic rings. The van der Waals surface area contributed by atoms with Crippen LogP contribution in [0.5, 0.6) is 0 Å². The second kappa shape index (κ2) is 7.01. The summed E-state index contributed by atoms with van der Waals surface area (Å²) in [6, 6.07) is 0. The lowest BCUT2D eigenvalue weighted by Crippen LogP contribution is -2.46. The maximum absolute atomic E-state index is 13.0. The van der Waals surface area contributed by atoms with E-state index in [-0.39, 0.29) is 17.4 Å². The Morgan fingerprint density at radius 1 is 1.19 bits per heavy atom. The summed E-state index contributed by atoms with van der Waals surface area (Å²) in [5, 5.41) is 0. The lowest BCUT2D eigenvalue weighted by Gasteiger charge is -2.44. The number of ketones is 1. The summed E-state index contributed by atoms with van der Waals surface area (Å²) < 4.78 is 6.14. The van der Waals surface area contributed by atoms with E-state index in [4.69, 9.17) is 10.5 Å². The monoisotopic (exact) mass is 311 g/mol. The van der Waals surface area contributed by atoms with Gasteiger partial charge in [-0.3, -0.25) is 4.79 Å². The van der Waals surface area contributed by atoms with Gasteiger partial charge in [-0.1, -0.05) is 12.8 Å². The van der Waals surface area contributed by atoms with Crippen LogP contribution in [0, 0.1) is 17.8 Å². The Bertz CT molecular complexity index is 362. The van der Waals surface area contributed by atoms with Crippen molar-refractivity contribution in [3.8, 4) is 0 Å². The summed E-state index contributed by atoms with van der Waals surface area (Å²) in [5.74, 6) is 3.81. The quantitative estimate of drug-likeness (QED) is 0.870. The van der Waals surface area contributed by atoms with E-state index in [0.29, 0.717) is 18.2 Å². The van der Waals surface area contributed by atoms with Crippen LogP contribution in [0.2, 0.25) is 0 Å². The summed E-state index contributed by atoms with van der Waals surface area (Å²) in [6.45, 7) is 1.46. The topological polar surface area (TPSA) is 52.3 Å². The third kappa shape index (κ3) is 3.48. The molecule has 3 unspecified atom stereocenters. The van der Waals surface area contributed by atoms with Gasteiger partial charge < -0.3 is 10.5 Å². The van der Waals surface area contributed by atoms with E-state index in [1.807, 2.05) is 11.8 Å². The van der Waals surface area contributed by atoms with E-state index >= 15 is 0 Å². The highest BCUT2D eigenvalue weighted by Gasteiger charge is 2.43. The molecular weight excluding hydrogens is 282 g/mol. The molecule has 1 spiro atoms. The van der Waals surface area contributed by atoms with Crippen molar-refractivity contribution < 1.29 is 9.53 Å². The van der Waals surface area contributed by atoms with Crippen molar-refractivity contribution in [2.45, 2.75) is 57.0 Å². The maximum Gasteiger partial charge on any atom is 0.139 e. The van der Waals surface area contributed by atoms with E-state index in [1.165, 1.54) is 24.3 Å². The number of Topliss-reactive ketones (excluding diaryl/α,β-unsaturated/α-hetero) is 1. The minimum absolute atomic E-state index is 0.0245. The average Bonchev–Trinajstić information content (AvgIpc) is 2.55. The Balaban J connectivity index is 1.66. The van der Waals surface area contributed by atoms with E-state index in [1.54, 1.807) is 0 Å². The summed E-state index contributed by atoms with van der Waals surface area (Å²) in [5.41, 5.74) is 5.94. The molecule has 0 radical (unpaired) electrons. The zero-order valence-electron chi connectivity index (χ0n) is 13.0. The first kappa shape index (κ1) is 15.8. The summed E-state index contributed by atoms with van der Waals surface area (Å²) in [6.07, 6.45) is 8.85. The van der Waals surface area contributed by atoms with Crippen LogP contribution < -0.4 is 5.73 Å². The highest BCUT2D eigenvalue weighted by Crippen LogP contribution is 2.42. The number of hydrogen-bond donors (Lipinski definition) is 1. The highest BCUT2D eigenvalue weighted by atomic mass is 32.2. The van der Waals surface area contributed by atoms with Crippen molar-refractivity contribution in [3.05, 3.63) is 0 Å². The van der Waals surface area contributed by atoms with Gasteiger partial charge >= 0.3 is 0 Å². The number of thioether (sulfide) groups is 1. The Hall–Kier alpha value is -0.0600. The van der Waals surface area contributed by atoms with Crippen LogP contribution in [-0.4, -0.2) is 36.0 Å². The predicted molar refractivity (Wildman–Crippen MR) is 87.5 cm³/mol. The highest BCUT2D eigenvalue weighted by molar-refractivity contribution is 7.99. The number of hydrogen-bond acceptors (Lipinski definition) is 4. The van der Waals surface area contributed by atoms with Gasteiger partial charge in [0.1, 0.15) is 5.78 Å². The lowest BCUT2D eigenvalue weighted by molar-refractivity contribution is -0.144. The molecule has 2 N–H and O–H groups in total. The molecule has 0 aromatic rings. The van der Waals surface area contributed by atoms with E-state index < -0.39 is 0 Å². The van der Waals surface area contributed by atoms with Crippen molar-refractivity contribution in [2.24, 2.45) is 23.5 Å². The molecule has 2 heterocycles. The molecule has 4 heteroatoms. The number of ether oxygens (including phenoxy) is 1. The fourth-order valence-corrected chi connectivity index (χ4v) is 5.77. The molecule has 0 bridgehead atoms. The second-order valence-corrected chi connectivity index (χ2v) is 8.35. The SMILES string of the molecule is NCC1CCCCC1C(=O)C1CCOC2(CCSCC2)C1. The minimum atomic E-state index is 0.0245. The summed E-state index contributed by atoms with van der Waals surface area (Å²) in [7, 11) is 0. The molecular formula is C17H29NO2S. The molecule has 3 atom stereocenters. The first-order chi connectivity index (χ1) is 10.2. The summed E-state index contributed by atoms with van der Waals surface area (Å²) in [4.78, 5) is 13.0. The van der Waals surface area contributed by atoms with Crippen molar-refractivity contribution in [1.82, 2.24) is 0 Å². The Morgan fingerprint density at radius 2 is 1.95 bits per heavy atom. The van der Waals surface area contributed by atoms with Gasteiger partial charge in [-0.2, -0.15) is 11.8 Å². The second-order valence-electron chi connectivity index (χ2n) is 7.12. The van der Waals surface area contributed by atoms with Crippen LogP contribution in [0.25, 0.3) is 0 Å². The number of carbonyl (C=O) groups is 1. The van der Waals surface area contributed by atoms with Crippen LogP contribution in [0.4, 0.5) is 0 Å². The van der Waals surface area contributed by atoms with Crippen molar-refractivity contribution in [3.63, 3.8) is 0 Å². The van der Waals surface area contributed by atoms with Crippen LogP contribution in [-0.2, 0) is 9.53 Å². The number of carbonyl (C=O) groups excluding carboxylic acids is 1. The van der Waals surface area contributed by atoms with Crippen LogP contribution in [0.3, 0.4) is 0 Å². The molecule has 3 nitrogen and oxygen atoms in total. The molecule has 0 amide bonds. The number of nitrogens with two attached hydrogens (primary N) is 1. The molecule has 3 fully saturated rings. The molecule has 2 saturated heterocycles. The van der Waals surface area contributed by atoms with Crippen molar-refractivity contribution in [2.75, 3.05) is 24.7 Å². The van der Waals surface area contributed by atoms with Gasteiger partial charge in [0.25, 0.3) is 0 Å². The molecule has 120 valence electrons. The molecule has 1 aliphatic carbocycles. The fraction of sp³-hybridized carbons (Fsp3) is 0.941. The molecule has 2 aliphatic heterocycles. The minimum Gasteiger partial charge on any atom is -0.375 e. The standard InChI is InChI=1S/C17H29NO2S/c18-12-14-3-1-2-4-15(14)16(19)13-5-8-20-17(11-13)6-9-21-10-7-17/h13-15H,1-12,18H2. The zero-order valence-corrected chi connectivity index (χ0v) is 13.8. The van der Waals surface area contributed by atoms with Gasteiger partial charge in [-0.05, 0) is 62.5 Å². The van der Waals surface area contributed by atoms with Crippen LogP contribution in [0.1, 0.15) is 51.4 Å². The average molecular weight is 311 g/mol.